The molecule has 2 aromatic rings. The highest BCUT2D eigenvalue weighted by Gasteiger charge is 2.29. The second-order valence-corrected chi connectivity index (χ2v) is 6.35. The van der Waals surface area contributed by atoms with E-state index < -0.39 is 0 Å². The van der Waals surface area contributed by atoms with Gasteiger partial charge in [-0.05, 0) is 30.4 Å². The van der Waals surface area contributed by atoms with E-state index in [9.17, 15) is 4.79 Å². The first-order chi connectivity index (χ1) is 11.2. The van der Waals surface area contributed by atoms with Crippen LogP contribution in [0.25, 0.3) is 11.1 Å². The lowest BCUT2D eigenvalue weighted by molar-refractivity contribution is 0.0573. The number of aromatic nitrogens is 1. The number of pyridine rings is 1. The molecule has 1 aliphatic rings. The number of nitrogens with two attached hydrogens (primary N) is 1. The molecule has 1 amide bonds. The lowest BCUT2D eigenvalue weighted by Gasteiger charge is -2.38. The van der Waals surface area contributed by atoms with Gasteiger partial charge in [0, 0.05) is 37.1 Å². The third-order valence-electron chi connectivity index (χ3n) is 4.60. The molecule has 2 atom stereocenters. The summed E-state index contributed by atoms with van der Waals surface area (Å²) in [6.45, 7) is 3.52. The zero-order chi connectivity index (χ0) is 16.2. The Labute approximate surface area is 137 Å². The number of likely N-dealkylation sites (tertiary alicyclic amines) is 1. The Bertz CT molecular complexity index is 671. The van der Waals surface area contributed by atoms with E-state index in [1.807, 2.05) is 41.3 Å². The highest BCUT2D eigenvalue weighted by Crippen LogP contribution is 2.25. The van der Waals surface area contributed by atoms with Gasteiger partial charge in [0.05, 0.1) is 5.56 Å². The number of carbonyl (C=O) groups is 1. The Kier molecular flexibility index (Phi) is 4.72. The molecule has 0 aliphatic carbocycles. The number of rotatable bonds is 3. The van der Waals surface area contributed by atoms with Crippen molar-refractivity contribution >= 4 is 5.91 Å². The van der Waals surface area contributed by atoms with Crippen LogP contribution in [0.4, 0.5) is 0 Å². The molecular formula is C19H23N3O. The van der Waals surface area contributed by atoms with Crippen molar-refractivity contribution in [3.63, 3.8) is 0 Å². The van der Waals surface area contributed by atoms with Crippen molar-refractivity contribution in [2.24, 2.45) is 11.7 Å². The van der Waals surface area contributed by atoms with Gasteiger partial charge in [-0.2, -0.15) is 0 Å². The molecule has 0 radical (unpaired) electrons. The van der Waals surface area contributed by atoms with Gasteiger partial charge in [0.15, 0.2) is 0 Å². The average molecular weight is 309 g/mol. The Morgan fingerprint density at radius 2 is 2.04 bits per heavy atom. The first-order valence-electron chi connectivity index (χ1n) is 8.20. The van der Waals surface area contributed by atoms with Gasteiger partial charge in [-0.25, -0.2) is 0 Å². The van der Waals surface area contributed by atoms with Crippen molar-refractivity contribution in [3.05, 3.63) is 54.4 Å². The minimum absolute atomic E-state index is 0.0395. The molecule has 120 valence electrons. The maximum Gasteiger partial charge on any atom is 0.255 e. The lowest BCUT2D eigenvalue weighted by Crippen LogP contribution is -2.49. The van der Waals surface area contributed by atoms with Crippen molar-refractivity contribution in [3.8, 4) is 11.1 Å². The topological polar surface area (TPSA) is 59.2 Å². The van der Waals surface area contributed by atoms with Crippen molar-refractivity contribution in [1.82, 2.24) is 9.88 Å². The van der Waals surface area contributed by atoms with Crippen LogP contribution in [0, 0.1) is 5.92 Å². The van der Waals surface area contributed by atoms with Crippen LogP contribution in [0.3, 0.4) is 0 Å². The molecule has 0 spiro atoms. The monoisotopic (exact) mass is 309 g/mol. The van der Waals surface area contributed by atoms with E-state index in [-0.39, 0.29) is 11.9 Å². The number of hydrogen-bond acceptors (Lipinski definition) is 3. The highest BCUT2D eigenvalue weighted by molar-refractivity contribution is 5.95. The third kappa shape index (κ3) is 3.42. The molecule has 3 rings (SSSR count). The van der Waals surface area contributed by atoms with Gasteiger partial charge >= 0.3 is 0 Å². The molecule has 2 unspecified atom stereocenters. The second-order valence-electron chi connectivity index (χ2n) is 6.35. The van der Waals surface area contributed by atoms with Crippen LogP contribution in [0.5, 0.6) is 0 Å². The SMILES string of the molecule is CC1CCN(C(=O)c2cncc(-c3ccccc3)c2)C(CN)C1. The molecule has 4 nitrogen and oxygen atoms in total. The van der Waals surface area contributed by atoms with Crippen molar-refractivity contribution < 1.29 is 4.79 Å². The summed E-state index contributed by atoms with van der Waals surface area (Å²) in [6, 6.07) is 12.1. The van der Waals surface area contributed by atoms with Gasteiger partial charge in [-0.1, -0.05) is 37.3 Å². The van der Waals surface area contributed by atoms with Crippen molar-refractivity contribution in [2.45, 2.75) is 25.8 Å². The van der Waals surface area contributed by atoms with Crippen molar-refractivity contribution in [2.75, 3.05) is 13.1 Å². The first kappa shape index (κ1) is 15.7. The minimum Gasteiger partial charge on any atom is -0.334 e. The van der Waals surface area contributed by atoms with Crippen LogP contribution in [0.1, 0.15) is 30.1 Å². The van der Waals surface area contributed by atoms with Gasteiger partial charge in [-0.3, -0.25) is 9.78 Å². The normalized spacial score (nSPS) is 21.2. The van der Waals surface area contributed by atoms with Gasteiger partial charge in [0.2, 0.25) is 0 Å². The summed E-state index contributed by atoms with van der Waals surface area (Å²) in [6.07, 6.45) is 5.47. The smallest absolute Gasteiger partial charge is 0.255 e. The van der Waals surface area contributed by atoms with E-state index in [0.717, 1.165) is 30.5 Å². The van der Waals surface area contributed by atoms with E-state index in [1.165, 1.54) is 0 Å². The molecular weight excluding hydrogens is 286 g/mol. The Balaban J connectivity index is 1.85. The number of benzene rings is 1. The van der Waals surface area contributed by atoms with Gasteiger partial charge < -0.3 is 10.6 Å². The predicted octanol–water partition coefficient (Wildman–Crippen LogP) is 2.95. The minimum atomic E-state index is 0.0395. The lowest BCUT2D eigenvalue weighted by atomic mass is 9.92. The largest absolute Gasteiger partial charge is 0.334 e. The number of piperidine rings is 1. The van der Waals surface area contributed by atoms with Crippen LogP contribution in [-0.4, -0.2) is 34.9 Å². The van der Waals surface area contributed by atoms with E-state index in [0.29, 0.717) is 18.0 Å². The van der Waals surface area contributed by atoms with Crippen molar-refractivity contribution in [1.29, 1.82) is 0 Å². The van der Waals surface area contributed by atoms with E-state index in [1.54, 1.807) is 12.4 Å². The van der Waals surface area contributed by atoms with E-state index in [4.69, 9.17) is 5.73 Å². The fourth-order valence-corrected chi connectivity index (χ4v) is 3.25. The fourth-order valence-electron chi connectivity index (χ4n) is 3.25. The predicted molar refractivity (Wildman–Crippen MR) is 91.9 cm³/mol. The molecule has 0 bridgehead atoms. The molecule has 2 heterocycles. The summed E-state index contributed by atoms with van der Waals surface area (Å²) < 4.78 is 0. The third-order valence-corrected chi connectivity index (χ3v) is 4.60. The van der Waals surface area contributed by atoms with Crippen LogP contribution >= 0.6 is 0 Å². The van der Waals surface area contributed by atoms with Gasteiger partial charge in [-0.15, -0.1) is 0 Å². The number of amides is 1. The van der Waals surface area contributed by atoms with E-state index in [2.05, 4.69) is 11.9 Å². The van der Waals surface area contributed by atoms with Crippen LogP contribution in [0.15, 0.2) is 48.8 Å². The van der Waals surface area contributed by atoms with E-state index >= 15 is 0 Å². The van der Waals surface area contributed by atoms with Gasteiger partial charge in [0.25, 0.3) is 5.91 Å². The molecule has 1 aromatic carbocycles. The molecule has 1 fully saturated rings. The summed E-state index contributed by atoms with van der Waals surface area (Å²) in [5.74, 6) is 0.666. The molecule has 0 saturated carbocycles. The maximum atomic E-state index is 12.9. The maximum absolute atomic E-state index is 12.9. The molecule has 4 heteroatoms. The molecule has 23 heavy (non-hydrogen) atoms. The Morgan fingerprint density at radius 3 is 2.78 bits per heavy atom. The zero-order valence-electron chi connectivity index (χ0n) is 13.5. The summed E-state index contributed by atoms with van der Waals surface area (Å²) in [7, 11) is 0. The Morgan fingerprint density at radius 1 is 1.26 bits per heavy atom. The molecule has 1 aromatic heterocycles. The first-order valence-corrected chi connectivity index (χ1v) is 8.20. The van der Waals surface area contributed by atoms with Crippen LogP contribution in [-0.2, 0) is 0 Å². The number of carbonyl (C=O) groups excluding carboxylic acids is 1. The summed E-state index contributed by atoms with van der Waals surface area (Å²) in [5, 5.41) is 0. The Hall–Kier alpha value is -2.20. The van der Waals surface area contributed by atoms with Crippen LogP contribution in [0.2, 0.25) is 0 Å². The quantitative estimate of drug-likeness (QED) is 0.948. The summed E-state index contributed by atoms with van der Waals surface area (Å²) in [5.41, 5.74) is 8.55. The second kappa shape index (κ2) is 6.92. The standard InChI is InChI=1S/C19H23N3O/c1-14-7-8-22(18(9-14)11-20)19(23)17-10-16(12-21-13-17)15-5-3-2-4-6-15/h2-6,10,12-14,18H,7-9,11,20H2,1H3. The number of nitrogens with zero attached hydrogens (tertiary/aromatic N) is 2. The molecule has 1 aliphatic heterocycles. The van der Waals surface area contributed by atoms with Crippen LogP contribution < -0.4 is 5.73 Å². The summed E-state index contributed by atoms with van der Waals surface area (Å²) >= 11 is 0. The zero-order valence-corrected chi connectivity index (χ0v) is 13.5. The number of hydrogen-bond donors (Lipinski definition) is 1. The fraction of sp³-hybridized carbons (Fsp3) is 0.368. The molecule has 2 N–H and O–H groups in total. The highest BCUT2D eigenvalue weighted by atomic mass is 16.2. The van der Waals surface area contributed by atoms with Gasteiger partial charge in [0.1, 0.15) is 0 Å². The summed E-state index contributed by atoms with van der Waals surface area (Å²) in [4.78, 5) is 19.1. The average Bonchev–Trinajstić information content (AvgIpc) is 2.62. The molecule has 1 saturated heterocycles.